The number of halogens is 2. The second kappa shape index (κ2) is 7.32. The van der Waals surface area contributed by atoms with Crippen LogP contribution in [0.4, 0.5) is 4.39 Å². The molecular weight excluding hydrogens is 361 g/mol. The van der Waals surface area contributed by atoms with E-state index in [9.17, 15) is 9.18 Å². The van der Waals surface area contributed by atoms with Crippen LogP contribution in [0.5, 0.6) is 0 Å². The Morgan fingerprint density at radius 1 is 1.38 bits per heavy atom. The number of hydrogen-bond donors (Lipinski definition) is 0. The topological polar surface area (TPSA) is 68.5 Å². The Bertz CT molecular complexity index is 809. The van der Waals surface area contributed by atoms with Gasteiger partial charge in [-0.3, -0.25) is 4.79 Å². The van der Waals surface area contributed by atoms with Gasteiger partial charge in [0.05, 0.1) is 11.7 Å². The number of nitrogens with zero attached hydrogens (tertiary/aromatic N) is 3. The van der Waals surface area contributed by atoms with Gasteiger partial charge in [0.2, 0.25) is 0 Å². The number of ether oxygens (including phenoxy) is 1. The predicted octanol–water partition coefficient (Wildman–Crippen LogP) is 3.56. The van der Waals surface area contributed by atoms with Crippen LogP contribution in [0.25, 0.3) is 0 Å². The smallest absolute Gasteiger partial charge is 0.256 e. The van der Waals surface area contributed by atoms with Crippen molar-refractivity contribution in [1.29, 1.82) is 0 Å². The molecule has 8 heteroatoms. The number of benzene rings is 1. The fraction of sp³-hybridized carbons (Fsp3) is 0.500. The van der Waals surface area contributed by atoms with Gasteiger partial charge in [-0.15, -0.1) is 0 Å². The maximum Gasteiger partial charge on any atom is 0.256 e. The number of amides is 1. The van der Waals surface area contributed by atoms with Crippen molar-refractivity contribution >= 4 is 17.5 Å². The lowest BCUT2D eigenvalue weighted by Gasteiger charge is -2.32. The molecule has 1 saturated heterocycles. The fourth-order valence-corrected chi connectivity index (χ4v) is 3.29. The highest BCUT2D eigenvalue weighted by molar-refractivity contribution is 6.31. The molecule has 1 unspecified atom stereocenters. The highest BCUT2D eigenvalue weighted by atomic mass is 35.5. The number of aromatic nitrogens is 2. The van der Waals surface area contributed by atoms with Crippen LogP contribution < -0.4 is 0 Å². The summed E-state index contributed by atoms with van der Waals surface area (Å²) < 4.78 is 25.0. The average Bonchev–Trinajstić information content (AvgIpc) is 3.40. The van der Waals surface area contributed by atoms with Gasteiger partial charge >= 0.3 is 0 Å². The molecule has 1 aliphatic heterocycles. The summed E-state index contributed by atoms with van der Waals surface area (Å²) in [5, 5.41) is 4.29. The summed E-state index contributed by atoms with van der Waals surface area (Å²) in [5.41, 5.74) is -0.0101. The lowest BCUT2D eigenvalue weighted by molar-refractivity contribution is -0.0154. The first kappa shape index (κ1) is 17.4. The Balaban J connectivity index is 1.35. The standard InChI is InChI=1S/C18H19ClFN3O3/c19-12-5-6-15(20)14(8-12)18(24)23-7-1-2-13(9-23)25-10-16-21-17(22-26-16)11-3-4-11/h5-6,8,11,13H,1-4,7,9-10H2. The van der Waals surface area contributed by atoms with Gasteiger partial charge in [-0.2, -0.15) is 4.98 Å². The molecular formula is C18H19ClFN3O3. The SMILES string of the molecule is O=C(c1cc(Cl)ccc1F)N1CCCC(OCc2nc(C3CC3)no2)C1. The Kier molecular flexibility index (Phi) is 4.91. The normalized spacial score (nSPS) is 20.4. The molecule has 2 aromatic rings. The maximum atomic E-state index is 13.9. The van der Waals surface area contributed by atoms with Crippen LogP contribution in [-0.4, -0.2) is 40.1 Å². The quantitative estimate of drug-likeness (QED) is 0.794. The third-order valence-electron chi connectivity index (χ3n) is 4.69. The molecule has 1 aromatic heterocycles. The summed E-state index contributed by atoms with van der Waals surface area (Å²) in [6, 6.07) is 4.00. The molecule has 4 rings (SSSR count). The van der Waals surface area contributed by atoms with E-state index in [-0.39, 0.29) is 24.2 Å². The minimum Gasteiger partial charge on any atom is -0.367 e. The maximum absolute atomic E-state index is 13.9. The van der Waals surface area contributed by atoms with Crippen LogP contribution in [0.3, 0.4) is 0 Å². The van der Waals surface area contributed by atoms with E-state index in [2.05, 4.69) is 10.1 Å². The Morgan fingerprint density at radius 2 is 2.23 bits per heavy atom. The summed E-state index contributed by atoms with van der Waals surface area (Å²) in [4.78, 5) is 18.5. The van der Waals surface area contributed by atoms with Gasteiger partial charge in [-0.05, 0) is 43.9 Å². The molecule has 0 bridgehead atoms. The van der Waals surface area contributed by atoms with Crippen molar-refractivity contribution in [3.05, 3.63) is 46.3 Å². The zero-order valence-corrected chi connectivity index (χ0v) is 14.9. The van der Waals surface area contributed by atoms with Crippen molar-refractivity contribution in [1.82, 2.24) is 15.0 Å². The van der Waals surface area contributed by atoms with Gasteiger partial charge in [-0.1, -0.05) is 16.8 Å². The van der Waals surface area contributed by atoms with Gasteiger partial charge in [0.15, 0.2) is 5.82 Å². The second-order valence-electron chi connectivity index (χ2n) is 6.77. The molecule has 1 saturated carbocycles. The van der Waals surface area contributed by atoms with Crippen LogP contribution in [0.15, 0.2) is 22.7 Å². The second-order valence-corrected chi connectivity index (χ2v) is 7.21. The highest BCUT2D eigenvalue weighted by Crippen LogP contribution is 2.38. The molecule has 26 heavy (non-hydrogen) atoms. The van der Waals surface area contributed by atoms with Crippen molar-refractivity contribution in [2.45, 2.75) is 44.3 Å². The number of carbonyl (C=O) groups excluding carboxylic acids is 1. The monoisotopic (exact) mass is 379 g/mol. The summed E-state index contributed by atoms with van der Waals surface area (Å²) in [7, 11) is 0. The van der Waals surface area contributed by atoms with E-state index in [1.54, 1.807) is 4.90 Å². The van der Waals surface area contributed by atoms with E-state index >= 15 is 0 Å². The zero-order chi connectivity index (χ0) is 18.1. The minimum absolute atomic E-state index is 0.0101. The summed E-state index contributed by atoms with van der Waals surface area (Å²) in [5.74, 6) is 0.701. The van der Waals surface area contributed by atoms with Crippen molar-refractivity contribution in [2.24, 2.45) is 0 Å². The molecule has 2 aliphatic rings. The van der Waals surface area contributed by atoms with E-state index in [0.29, 0.717) is 29.9 Å². The molecule has 1 amide bonds. The molecule has 0 N–H and O–H groups in total. The Morgan fingerprint density at radius 3 is 3.04 bits per heavy atom. The fourth-order valence-electron chi connectivity index (χ4n) is 3.11. The van der Waals surface area contributed by atoms with Crippen molar-refractivity contribution in [2.75, 3.05) is 13.1 Å². The van der Waals surface area contributed by atoms with Gasteiger partial charge in [0.25, 0.3) is 11.8 Å². The Labute approximate surface area is 155 Å². The molecule has 0 radical (unpaired) electrons. The number of hydrogen-bond acceptors (Lipinski definition) is 5. The van der Waals surface area contributed by atoms with Crippen LogP contribution in [-0.2, 0) is 11.3 Å². The first-order valence-electron chi connectivity index (χ1n) is 8.78. The molecule has 0 spiro atoms. The molecule has 138 valence electrons. The molecule has 1 aromatic carbocycles. The first-order chi connectivity index (χ1) is 12.6. The van der Waals surface area contributed by atoms with Crippen molar-refractivity contribution in [3.8, 4) is 0 Å². The van der Waals surface area contributed by atoms with E-state index in [1.165, 1.54) is 18.2 Å². The first-order valence-corrected chi connectivity index (χ1v) is 9.16. The van der Waals surface area contributed by atoms with E-state index in [1.807, 2.05) is 0 Å². The number of likely N-dealkylation sites (tertiary alicyclic amines) is 1. The lowest BCUT2D eigenvalue weighted by Crippen LogP contribution is -2.43. The highest BCUT2D eigenvalue weighted by Gasteiger charge is 2.30. The predicted molar refractivity (Wildman–Crippen MR) is 91.4 cm³/mol. The molecule has 1 atom stereocenters. The average molecular weight is 380 g/mol. The summed E-state index contributed by atoms with van der Waals surface area (Å²) in [6.07, 6.45) is 3.69. The Hall–Kier alpha value is -1.99. The van der Waals surface area contributed by atoms with Crippen LogP contribution in [0, 0.1) is 5.82 Å². The number of rotatable bonds is 5. The lowest BCUT2D eigenvalue weighted by atomic mass is 10.1. The molecule has 2 fully saturated rings. The molecule has 2 heterocycles. The molecule has 1 aliphatic carbocycles. The minimum atomic E-state index is -0.569. The van der Waals surface area contributed by atoms with E-state index in [4.69, 9.17) is 20.9 Å². The van der Waals surface area contributed by atoms with Gasteiger partial charge in [0.1, 0.15) is 12.4 Å². The number of carbonyl (C=O) groups is 1. The van der Waals surface area contributed by atoms with Gasteiger partial charge in [0, 0.05) is 24.0 Å². The molecule has 6 nitrogen and oxygen atoms in total. The number of piperidine rings is 1. The van der Waals surface area contributed by atoms with Crippen molar-refractivity contribution < 1.29 is 18.4 Å². The van der Waals surface area contributed by atoms with Gasteiger partial charge in [-0.25, -0.2) is 4.39 Å². The zero-order valence-electron chi connectivity index (χ0n) is 14.2. The van der Waals surface area contributed by atoms with E-state index in [0.717, 1.165) is 31.5 Å². The van der Waals surface area contributed by atoms with Crippen LogP contribution in [0.2, 0.25) is 5.02 Å². The third kappa shape index (κ3) is 3.88. The van der Waals surface area contributed by atoms with Gasteiger partial charge < -0.3 is 14.2 Å². The van der Waals surface area contributed by atoms with Crippen LogP contribution >= 0.6 is 11.6 Å². The van der Waals surface area contributed by atoms with Crippen LogP contribution in [0.1, 0.15) is 53.7 Å². The van der Waals surface area contributed by atoms with Crippen molar-refractivity contribution in [3.63, 3.8) is 0 Å². The summed E-state index contributed by atoms with van der Waals surface area (Å²) in [6.45, 7) is 1.18. The van der Waals surface area contributed by atoms with E-state index < -0.39 is 5.82 Å². The summed E-state index contributed by atoms with van der Waals surface area (Å²) >= 11 is 5.89. The largest absolute Gasteiger partial charge is 0.367 e. The third-order valence-corrected chi connectivity index (χ3v) is 4.93.